The van der Waals surface area contributed by atoms with Gasteiger partial charge in [-0.1, -0.05) is 17.7 Å². The highest BCUT2D eigenvalue weighted by Crippen LogP contribution is 2.47. The van der Waals surface area contributed by atoms with Crippen LogP contribution in [-0.4, -0.2) is 0 Å². The van der Waals surface area contributed by atoms with E-state index in [-0.39, 0.29) is 0 Å². The molecule has 0 atom stereocenters. The third-order valence-corrected chi connectivity index (χ3v) is 13.7. The van der Waals surface area contributed by atoms with Gasteiger partial charge in [-0.3, -0.25) is 5.41 Å². The molecule has 5 aromatic carbocycles. The Morgan fingerprint density at radius 1 is 0.605 bits per heavy atom. The molecule has 9 aromatic rings. The monoisotopic (exact) mass is 628 g/mol. The maximum absolute atomic E-state index is 9.37. The molecule has 4 aromatic heterocycles. The summed E-state index contributed by atoms with van der Waals surface area (Å²) in [7, 11) is 0. The van der Waals surface area contributed by atoms with E-state index in [1.54, 1.807) is 22.7 Å². The predicted octanol–water partition coefficient (Wildman–Crippen LogP) is 9.82. The Morgan fingerprint density at radius 2 is 1.16 bits per heavy atom. The molecule has 0 aliphatic heterocycles. The fraction of sp³-hybridized carbons (Fsp3) is 0.0857. The first-order chi connectivity index (χ1) is 20.8. The minimum atomic E-state index is 0.609. The molecule has 4 heterocycles. The van der Waals surface area contributed by atoms with Crippen LogP contribution < -0.4 is 22.3 Å². The van der Waals surface area contributed by atoms with Crippen molar-refractivity contribution in [2.24, 2.45) is 10.9 Å². The lowest BCUT2D eigenvalue weighted by atomic mass is 9.98. The van der Waals surface area contributed by atoms with Crippen molar-refractivity contribution in [2.75, 3.05) is 5.73 Å². The molecule has 0 aliphatic carbocycles. The topological polar surface area (TPSA) is 88.2 Å². The molecule has 0 saturated heterocycles. The van der Waals surface area contributed by atoms with Gasteiger partial charge in [-0.05, 0) is 91.2 Å². The van der Waals surface area contributed by atoms with Crippen LogP contribution in [-0.2, 0) is 0 Å². The van der Waals surface area contributed by atoms with Crippen LogP contribution in [0.5, 0.6) is 0 Å². The molecular weight excluding hydrogens is 605 g/mol. The minimum absolute atomic E-state index is 0.609. The van der Waals surface area contributed by atoms with E-state index in [9.17, 15) is 5.41 Å². The predicted molar refractivity (Wildman–Crippen MR) is 190 cm³/mol. The normalized spacial score (nSPS) is 13.0. The molecule has 43 heavy (non-hydrogen) atoms. The molecule has 0 spiro atoms. The lowest BCUT2D eigenvalue weighted by Gasteiger charge is -2.06. The summed E-state index contributed by atoms with van der Waals surface area (Å²) in [6.07, 6.45) is 0. The van der Waals surface area contributed by atoms with Gasteiger partial charge in [-0.2, -0.15) is 5.10 Å². The SMILES string of the molecule is Cc1ccc2sc(-c3cc4/c(=N\N)c5c(C)c6c(c(C)c5c4s3)c(=N)c3cc(-c4cc5cc(N)ccc5s4)sc36)cc2c1. The van der Waals surface area contributed by atoms with E-state index in [0.29, 0.717) is 5.36 Å². The summed E-state index contributed by atoms with van der Waals surface area (Å²) in [6.45, 7) is 6.49. The van der Waals surface area contributed by atoms with Crippen LogP contribution in [0.15, 0.2) is 65.8 Å². The zero-order valence-electron chi connectivity index (χ0n) is 23.5. The number of aryl methyl sites for hydroxylation is 3. The summed E-state index contributed by atoms with van der Waals surface area (Å²) >= 11 is 7.19. The Labute approximate surface area is 262 Å². The number of nitrogens with one attached hydrogen (secondary N) is 1. The van der Waals surface area contributed by atoms with Gasteiger partial charge in [0.05, 0.1) is 10.7 Å². The maximum Gasteiger partial charge on any atom is 0.0995 e. The molecule has 0 saturated carbocycles. The third kappa shape index (κ3) is 3.40. The highest BCUT2D eigenvalue weighted by atomic mass is 32.1. The van der Waals surface area contributed by atoms with Crippen LogP contribution in [0, 0.1) is 26.2 Å². The Bertz CT molecular complexity index is 2760. The number of benzene rings is 3. The molecule has 0 fully saturated rings. The quantitative estimate of drug-likeness (QED) is 0.101. The number of rotatable bonds is 2. The molecule has 5 N–H and O–H groups in total. The van der Waals surface area contributed by atoms with Gasteiger partial charge in [0, 0.05) is 76.3 Å². The Morgan fingerprint density at radius 3 is 1.86 bits per heavy atom. The number of hydrogen-bond acceptors (Lipinski definition) is 8. The van der Waals surface area contributed by atoms with Crippen molar-refractivity contribution in [1.82, 2.24) is 0 Å². The summed E-state index contributed by atoms with van der Waals surface area (Å²) in [5.41, 5.74) is 10.4. The van der Waals surface area contributed by atoms with Crippen molar-refractivity contribution in [1.29, 1.82) is 5.41 Å². The van der Waals surface area contributed by atoms with Crippen molar-refractivity contribution >= 4 is 113 Å². The number of thiophene rings is 4. The average Bonchev–Trinajstić information content (AvgIpc) is 3.80. The Hall–Kier alpha value is -4.08. The summed E-state index contributed by atoms with van der Waals surface area (Å²) < 4.78 is 4.90. The molecule has 0 unspecified atom stereocenters. The van der Waals surface area contributed by atoms with E-state index >= 15 is 0 Å². The minimum Gasteiger partial charge on any atom is -0.399 e. The molecule has 0 radical (unpaired) electrons. The number of anilines is 1. The first-order valence-corrected chi connectivity index (χ1v) is 17.2. The highest BCUT2D eigenvalue weighted by Gasteiger charge is 2.24. The van der Waals surface area contributed by atoms with Gasteiger partial charge in [0.1, 0.15) is 0 Å². The molecule has 4 nitrogen and oxygen atoms in total. The zero-order valence-corrected chi connectivity index (χ0v) is 26.8. The molecule has 0 aliphatic rings. The Balaban J connectivity index is 1.30. The van der Waals surface area contributed by atoms with Crippen molar-refractivity contribution in [2.45, 2.75) is 20.8 Å². The smallest absolute Gasteiger partial charge is 0.0995 e. The first-order valence-electron chi connectivity index (χ1n) is 13.9. The largest absolute Gasteiger partial charge is 0.399 e. The van der Waals surface area contributed by atoms with Crippen LogP contribution in [0.2, 0.25) is 0 Å². The highest BCUT2D eigenvalue weighted by molar-refractivity contribution is 7.29. The van der Waals surface area contributed by atoms with Gasteiger partial charge in [0.2, 0.25) is 0 Å². The zero-order chi connectivity index (χ0) is 29.3. The van der Waals surface area contributed by atoms with Gasteiger partial charge in [-0.15, -0.1) is 45.3 Å². The fourth-order valence-corrected chi connectivity index (χ4v) is 11.6. The lowest BCUT2D eigenvalue weighted by molar-refractivity contribution is 1.17. The van der Waals surface area contributed by atoms with Gasteiger partial charge >= 0.3 is 0 Å². The van der Waals surface area contributed by atoms with Crippen molar-refractivity contribution in [3.05, 3.63) is 88.1 Å². The Kier molecular flexibility index (Phi) is 5.16. The summed E-state index contributed by atoms with van der Waals surface area (Å²) in [4.78, 5) is 4.89. The molecule has 0 bridgehead atoms. The molecule has 0 amide bonds. The summed E-state index contributed by atoms with van der Waals surface area (Å²) in [5, 5.41) is 24.3. The van der Waals surface area contributed by atoms with Crippen LogP contribution in [0.25, 0.3) is 81.4 Å². The van der Waals surface area contributed by atoms with E-state index in [4.69, 9.17) is 11.6 Å². The second-order valence-corrected chi connectivity index (χ2v) is 15.6. The van der Waals surface area contributed by atoms with E-state index in [0.717, 1.165) is 54.5 Å². The van der Waals surface area contributed by atoms with Crippen LogP contribution in [0.3, 0.4) is 0 Å². The summed E-state index contributed by atoms with van der Waals surface area (Å²) in [5.74, 6) is 6.15. The van der Waals surface area contributed by atoms with Gasteiger partial charge < -0.3 is 11.6 Å². The molecular formula is C35H24N4S4. The number of hydrogen-bond donors (Lipinski definition) is 3. The van der Waals surface area contributed by atoms with E-state index in [1.807, 2.05) is 34.8 Å². The average molecular weight is 629 g/mol. The van der Waals surface area contributed by atoms with E-state index in [1.165, 1.54) is 54.6 Å². The molecule has 8 heteroatoms. The van der Waals surface area contributed by atoms with Crippen LogP contribution in [0.1, 0.15) is 16.7 Å². The van der Waals surface area contributed by atoms with Gasteiger partial charge in [-0.25, -0.2) is 0 Å². The van der Waals surface area contributed by atoms with E-state index in [2.05, 4.69) is 74.4 Å². The maximum atomic E-state index is 9.37. The second-order valence-electron chi connectivity index (χ2n) is 11.4. The van der Waals surface area contributed by atoms with Crippen LogP contribution >= 0.6 is 45.3 Å². The standard InChI is InChI=1S/C35H24N4S4/c1-14-4-6-22-17(8-14)10-24(40-22)27-13-21-33(39-38)29-16(3)30-28(15(2)31(29)35(21)43-27)32(37)20-12-26(42-34(20)30)25-11-18-9-19(36)5-7-23(18)41-25/h4-13,37H,36,38H2,1-3H3/b37-32?,39-33+. The van der Waals surface area contributed by atoms with Crippen molar-refractivity contribution < 1.29 is 0 Å². The summed E-state index contributed by atoms with van der Waals surface area (Å²) in [6, 6.07) is 21.7. The number of nitrogens with two attached hydrogens (primary N) is 2. The number of fused-ring (bicyclic) bond motifs is 8. The second kappa shape index (κ2) is 8.74. The lowest BCUT2D eigenvalue weighted by Crippen LogP contribution is -2.05. The molecule has 208 valence electrons. The number of nitrogen functional groups attached to an aromatic ring is 1. The van der Waals surface area contributed by atoms with Crippen molar-refractivity contribution in [3.8, 4) is 19.5 Å². The number of nitrogens with zero attached hydrogens (tertiary/aromatic N) is 1. The van der Waals surface area contributed by atoms with Gasteiger partial charge in [0.25, 0.3) is 0 Å². The van der Waals surface area contributed by atoms with Crippen LogP contribution in [0.4, 0.5) is 5.69 Å². The first kappa shape index (κ1) is 25.4. The van der Waals surface area contributed by atoms with Crippen molar-refractivity contribution in [3.63, 3.8) is 0 Å². The molecule has 9 rings (SSSR count). The van der Waals surface area contributed by atoms with E-state index < -0.39 is 0 Å². The fourth-order valence-electron chi connectivity index (χ4n) is 6.80. The third-order valence-electron chi connectivity index (χ3n) is 8.76. The van der Waals surface area contributed by atoms with Gasteiger partial charge in [0.15, 0.2) is 0 Å².